The number of nitrogens with zero attached hydrogens (tertiary/aromatic N) is 5. The summed E-state index contributed by atoms with van der Waals surface area (Å²) in [5.41, 5.74) is 1.77. The number of benzene rings is 2. The van der Waals surface area contributed by atoms with Crippen LogP contribution in [0, 0.1) is 5.92 Å². The Bertz CT molecular complexity index is 965. The van der Waals surface area contributed by atoms with Gasteiger partial charge < -0.3 is 4.90 Å². The maximum atomic E-state index is 12.7. The number of carbonyl (C=O) groups excluding carboxylic acids is 1. The van der Waals surface area contributed by atoms with Crippen molar-refractivity contribution in [2.24, 2.45) is 5.92 Å². The zero-order chi connectivity index (χ0) is 21.5. The number of tetrazole rings is 1. The van der Waals surface area contributed by atoms with Crippen LogP contribution >= 0.6 is 11.6 Å². The van der Waals surface area contributed by atoms with Crippen LogP contribution in [0.25, 0.3) is 11.4 Å². The molecule has 1 saturated heterocycles. The molecule has 0 aliphatic carbocycles. The molecule has 31 heavy (non-hydrogen) atoms. The van der Waals surface area contributed by atoms with Crippen molar-refractivity contribution in [3.05, 3.63) is 65.2 Å². The lowest BCUT2D eigenvalue weighted by Gasteiger charge is -2.31. The van der Waals surface area contributed by atoms with Gasteiger partial charge in [-0.15, -0.1) is 10.2 Å². The van der Waals surface area contributed by atoms with E-state index in [1.54, 1.807) is 16.9 Å². The number of ketones is 1. The van der Waals surface area contributed by atoms with E-state index in [-0.39, 0.29) is 11.7 Å². The predicted molar refractivity (Wildman–Crippen MR) is 122 cm³/mol. The third-order valence-corrected chi connectivity index (χ3v) is 6.16. The number of unbranched alkanes of at least 4 members (excludes halogenated alkanes) is 2. The van der Waals surface area contributed by atoms with Gasteiger partial charge in [-0.3, -0.25) is 4.79 Å². The average Bonchev–Trinajstić information content (AvgIpc) is 3.29. The van der Waals surface area contributed by atoms with Gasteiger partial charge in [-0.1, -0.05) is 48.4 Å². The average molecular weight is 438 g/mol. The van der Waals surface area contributed by atoms with Crippen molar-refractivity contribution in [2.45, 2.75) is 38.6 Å². The van der Waals surface area contributed by atoms with Gasteiger partial charge in [0.05, 0.1) is 6.54 Å². The van der Waals surface area contributed by atoms with Crippen LogP contribution in [0.3, 0.4) is 0 Å². The number of aryl methyl sites for hydroxylation is 1. The summed E-state index contributed by atoms with van der Waals surface area (Å²) in [4.78, 5) is 16.8. The molecule has 1 fully saturated rings. The number of piperidine rings is 1. The van der Waals surface area contributed by atoms with Crippen LogP contribution in [0.5, 0.6) is 0 Å². The second kappa shape index (κ2) is 10.6. The van der Waals surface area contributed by atoms with E-state index in [1.807, 2.05) is 42.5 Å². The van der Waals surface area contributed by atoms with Gasteiger partial charge in [0.1, 0.15) is 0 Å². The quantitative estimate of drug-likeness (QED) is 0.356. The normalized spacial score (nSPS) is 15.3. The van der Waals surface area contributed by atoms with Gasteiger partial charge in [0.15, 0.2) is 5.78 Å². The molecule has 0 N–H and O–H groups in total. The van der Waals surface area contributed by atoms with Crippen molar-refractivity contribution >= 4 is 17.4 Å². The first-order chi connectivity index (χ1) is 15.2. The monoisotopic (exact) mass is 437 g/mol. The van der Waals surface area contributed by atoms with E-state index >= 15 is 0 Å². The summed E-state index contributed by atoms with van der Waals surface area (Å²) in [6.45, 7) is 3.86. The number of aromatic nitrogens is 4. The largest absolute Gasteiger partial charge is 0.303 e. The maximum Gasteiger partial charge on any atom is 0.204 e. The minimum absolute atomic E-state index is 0.134. The number of rotatable bonds is 9. The minimum Gasteiger partial charge on any atom is -0.303 e. The molecule has 162 valence electrons. The molecule has 7 heteroatoms. The lowest BCUT2D eigenvalue weighted by atomic mass is 9.89. The first-order valence-corrected chi connectivity index (χ1v) is 11.4. The van der Waals surface area contributed by atoms with E-state index < -0.39 is 0 Å². The molecule has 0 unspecified atom stereocenters. The van der Waals surface area contributed by atoms with Crippen molar-refractivity contribution < 1.29 is 4.79 Å². The van der Waals surface area contributed by atoms with Crippen LogP contribution in [-0.4, -0.2) is 50.5 Å². The van der Waals surface area contributed by atoms with Crippen molar-refractivity contribution in [1.82, 2.24) is 25.1 Å². The lowest BCUT2D eigenvalue weighted by molar-refractivity contribution is 0.0839. The number of hydrogen-bond donors (Lipinski definition) is 0. The molecule has 1 aliphatic rings. The van der Waals surface area contributed by atoms with Gasteiger partial charge in [-0.05, 0) is 74.8 Å². The first-order valence-electron chi connectivity index (χ1n) is 11.0. The van der Waals surface area contributed by atoms with Crippen LogP contribution in [-0.2, 0) is 6.54 Å². The summed E-state index contributed by atoms with van der Waals surface area (Å²) in [7, 11) is 0. The van der Waals surface area contributed by atoms with Crippen LogP contribution in [0.2, 0.25) is 5.02 Å². The highest BCUT2D eigenvalue weighted by Gasteiger charge is 2.25. The Morgan fingerprint density at radius 2 is 1.65 bits per heavy atom. The third-order valence-electron chi connectivity index (χ3n) is 5.90. The van der Waals surface area contributed by atoms with E-state index in [9.17, 15) is 4.79 Å². The van der Waals surface area contributed by atoms with E-state index in [2.05, 4.69) is 20.3 Å². The SMILES string of the molecule is O=C(c1ccc(Cl)cc1)C1CCN(CCCCCn2nnc(-c3ccccc3)n2)CC1. The molecule has 0 spiro atoms. The number of likely N-dealkylation sites (tertiary alicyclic amines) is 1. The van der Waals surface area contributed by atoms with Gasteiger partial charge in [-0.25, -0.2) is 0 Å². The molecule has 0 radical (unpaired) electrons. The summed E-state index contributed by atoms with van der Waals surface area (Å²) >= 11 is 5.92. The first kappa shape index (κ1) is 21.7. The van der Waals surface area contributed by atoms with Gasteiger partial charge in [0.2, 0.25) is 5.82 Å². The van der Waals surface area contributed by atoms with Crippen molar-refractivity contribution in [3.8, 4) is 11.4 Å². The highest BCUT2D eigenvalue weighted by atomic mass is 35.5. The topological polar surface area (TPSA) is 63.9 Å². The molecular weight excluding hydrogens is 410 g/mol. The fourth-order valence-electron chi connectivity index (χ4n) is 4.07. The fourth-order valence-corrected chi connectivity index (χ4v) is 4.20. The van der Waals surface area contributed by atoms with Gasteiger partial charge in [0.25, 0.3) is 0 Å². The van der Waals surface area contributed by atoms with Crippen LogP contribution in [0.1, 0.15) is 42.5 Å². The molecule has 0 amide bonds. The lowest BCUT2D eigenvalue weighted by Crippen LogP contribution is -2.36. The Morgan fingerprint density at radius 3 is 2.39 bits per heavy atom. The zero-order valence-corrected chi connectivity index (χ0v) is 18.4. The molecule has 4 rings (SSSR count). The second-order valence-electron chi connectivity index (χ2n) is 8.12. The molecule has 0 atom stereocenters. The van der Waals surface area contributed by atoms with E-state index in [4.69, 9.17) is 11.6 Å². The minimum atomic E-state index is 0.134. The summed E-state index contributed by atoms with van der Waals surface area (Å²) in [5, 5.41) is 13.4. The molecule has 1 aliphatic heterocycles. The number of halogens is 1. The summed E-state index contributed by atoms with van der Waals surface area (Å²) in [5.74, 6) is 1.07. The van der Waals surface area contributed by atoms with Gasteiger partial charge >= 0.3 is 0 Å². The van der Waals surface area contributed by atoms with Crippen LogP contribution in [0.15, 0.2) is 54.6 Å². The Morgan fingerprint density at radius 1 is 0.935 bits per heavy atom. The Hall–Kier alpha value is -2.57. The summed E-state index contributed by atoms with van der Waals surface area (Å²) in [6.07, 6.45) is 5.19. The Balaban J connectivity index is 1.12. The molecule has 6 nitrogen and oxygen atoms in total. The van der Waals surface area contributed by atoms with Crippen LogP contribution < -0.4 is 0 Å². The zero-order valence-electron chi connectivity index (χ0n) is 17.7. The highest BCUT2D eigenvalue weighted by Crippen LogP contribution is 2.23. The van der Waals surface area contributed by atoms with Gasteiger partial charge in [0, 0.05) is 22.1 Å². The van der Waals surface area contributed by atoms with Crippen LogP contribution in [0.4, 0.5) is 0 Å². The van der Waals surface area contributed by atoms with E-state index in [0.717, 1.165) is 69.4 Å². The van der Waals surface area contributed by atoms with E-state index in [1.165, 1.54) is 0 Å². The molecule has 1 aromatic heterocycles. The smallest absolute Gasteiger partial charge is 0.204 e. The Labute approximate surface area is 188 Å². The Kier molecular flexibility index (Phi) is 7.43. The third kappa shape index (κ3) is 5.99. The number of carbonyl (C=O) groups is 1. The van der Waals surface area contributed by atoms with Crippen molar-refractivity contribution in [2.75, 3.05) is 19.6 Å². The summed E-state index contributed by atoms with van der Waals surface area (Å²) in [6, 6.07) is 17.2. The van der Waals surface area contributed by atoms with Crippen molar-refractivity contribution in [1.29, 1.82) is 0 Å². The van der Waals surface area contributed by atoms with Gasteiger partial charge in [-0.2, -0.15) is 4.80 Å². The molecule has 2 aromatic carbocycles. The fraction of sp³-hybridized carbons (Fsp3) is 0.417. The molecule has 0 saturated carbocycles. The standard InChI is InChI=1S/C24H28ClN5O/c25-22-11-9-19(10-12-22)23(31)20-13-17-29(18-14-20)15-5-2-6-16-30-27-24(26-28-30)21-7-3-1-4-8-21/h1,3-4,7-12,20H,2,5-6,13-18H2. The molecule has 3 aromatic rings. The van der Waals surface area contributed by atoms with E-state index in [0.29, 0.717) is 10.8 Å². The van der Waals surface area contributed by atoms with Crippen molar-refractivity contribution in [3.63, 3.8) is 0 Å². The summed E-state index contributed by atoms with van der Waals surface area (Å²) < 4.78 is 0. The predicted octanol–water partition coefficient (Wildman–Crippen LogP) is 4.76. The number of Topliss-reactive ketones (excluding diaryl/α,β-unsaturated/α-hetero) is 1. The molecular formula is C24H28ClN5O. The number of hydrogen-bond acceptors (Lipinski definition) is 5. The highest BCUT2D eigenvalue weighted by molar-refractivity contribution is 6.30. The maximum absolute atomic E-state index is 12.7. The molecule has 2 heterocycles. The molecule has 0 bridgehead atoms. The second-order valence-corrected chi connectivity index (χ2v) is 8.56.